The molecule has 4 nitrogen and oxygen atoms in total. The van der Waals surface area contributed by atoms with E-state index in [9.17, 15) is 0 Å². The van der Waals surface area contributed by atoms with Crippen LogP contribution in [0, 0.1) is 0 Å². The first-order chi connectivity index (χ1) is 10.3. The van der Waals surface area contributed by atoms with Gasteiger partial charge in [0.2, 0.25) is 0 Å². The summed E-state index contributed by atoms with van der Waals surface area (Å²) in [5.74, 6) is 1.63. The van der Waals surface area contributed by atoms with Crippen LogP contribution in [0.5, 0.6) is 11.5 Å². The van der Waals surface area contributed by atoms with Crippen molar-refractivity contribution in [3.8, 4) is 11.5 Å². The van der Waals surface area contributed by atoms with Gasteiger partial charge in [-0.15, -0.1) is 0 Å². The molecule has 2 aromatic carbocycles. The summed E-state index contributed by atoms with van der Waals surface area (Å²) >= 11 is 0. The third kappa shape index (κ3) is 2.75. The van der Waals surface area contributed by atoms with Crippen LogP contribution >= 0.6 is 0 Å². The number of anilines is 2. The molecule has 0 saturated carbocycles. The summed E-state index contributed by atoms with van der Waals surface area (Å²) in [6.07, 6.45) is 1.10. The second-order valence-electron chi connectivity index (χ2n) is 5.05. The Balaban J connectivity index is 1.80. The molecule has 0 unspecified atom stereocenters. The topological polar surface area (TPSA) is 42.5 Å². The molecule has 3 rings (SSSR count). The molecular formula is C17H20N2O2. The Morgan fingerprint density at radius 3 is 2.86 bits per heavy atom. The molecule has 0 radical (unpaired) electrons. The number of methoxy groups -OCH3 is 2. The van der Waals surface area contributed by atoms with E-state index in [-0.39, 0.29) is 0 Å². The number of hydrogen-bond acceptors (Lipinski definition) is 4. The van der Waals surface area contributed by atoms with Crippen LogP contribution in [0.2, 0.25) is 0 Å². The first kappa shape index (κ1) is 13.6. The Hall–Kier alpha value is -2.36. The van der Waals surface area contributed by atoms with E-state index in [0.717, 1.165) is 36.7 Å². The lowest BCUT2D eigenvalue weighted by Gasteiger charge is -2.14. The van der Waals surface area contributed by atoms with Crippen LogP contribution in [0.1, 0.15) is 11.1 Å². The third-order valence-corrected chi connectivity index (χ3v) is 3.81. The van der Waals surface area contributed by atoms with Gasteiger partial charge in [0.05, 0.1) is 19.9 Å². The van der Waals surface area contributed by atoms with Gasteiger partial charge in [-0.25, -0.2) is 0 Å². The standard InChI is InChI=1S/C17H20N2O2/c1-20-14-6-7-16(21-2)15(10-14)19-11-13-5-3-4-12-8-9-18-17(12)13/h3-7,10,18-19H,8-9,11H2,1-2H3. The van der Waals surface area contributed by atoms with Crippen molar-refractivity contribution in [2.75, 3.05) is 31.4 Å². The molecule has 2 aromatic rings. The van der Waals surface area contributed by atoms with E-state index >= 15 is 0 Å². The maximum atomic E-state index is 5.39. The molecule has 1 aliphatic heterocycles. The predicted molar refractivity (Wildman–Crippen MR) is 85.5 cm³/mol. The molecule has 110 valence electrons. The van der Waals surface area contributed by atoms with Crippen LogP contribution in [0.3, 0.4) is 0 Å². The van der Waals surface area contributed by atoms with Gasteiger partial charge in [0, 0.05) is 24.8 Å². The minimum Gasteiger partial charge on any atom is -0.497 e. The molecule has 1 heterocycles. The molecule has 0 aliphatic carbocycles. The molecule has 1 aliphatic rings. The van der Waals surface area contributed by atoms with Crippen LogP contribution in [0.15, 0.2) is 36.4 Å². The number of ether oxygens (including phenoxy) is 2. The Bertz CT molecular complexity index is 641. The Labute approximate surface area is 125 Å². The molecule has 4 heteroatoms. The summed E-state index contributed by atoms with van der Waals surface area (Å²) in [5, 5.41) is 6.90. The number of fused-ring (bicyclic) bond motifs is 1. The highest BCUT2D eigenvalue weighted by atomic mass is 16.5. The van der Waals surface area contributed by atoms with Crippen molar-refractivity contribution < 1.29 is 9.47 Å². The van der Waals surface area contributed by atoms with Crippen molar-refractivity contribution in [1.29, 1.82) is 0 Å². The summed E-state index contributed by atoms with van der Waals surface area (Å²) in [7, 11) is 3.34. The van der Waals surface area contributed by atoms with E-state index in [0.29, 0.717) is 0 Å². The number of hydrogen-bond donors (Lipinski definition) is 2. The quantitative estimate of drug-likeness (QED) is 0.884. The van der Waals surface area contributed by atoms with E-state index in [1.54, 1.807) is 14.2 Å². The van der Waals surface area contributed by atoms with Crippen molar-refractivity contribution >= 4 is 11.4 Å². The zero-order valence-corrected chi connectivity index (χ0v) is 12.4. The van der Waals surface area contributed by atoms with Crippen LogP contribution in [-0.4, -0.2) is 20.8 Å². The van der Waals surface area contributed by atoms with Gasteiger partial charge in [0.15, 0.2) is 0 Å². The Morgan fingerprint density at radius 2 is 2.05 bits per heavy atom. The van der Waals surface area contributed by atoms with Gasteiger partial charge < -0.3 is 20.1 Å². The Morgan fingerprint density at radius 1 is 1.14 bits per heavy atom. The lowest BCUT2D eigenvalue weighted by molar-refractivity contribution is 0.404. The normalized spacial score (nSPS) is 12.5. The van der Waals surface area contributed by atoms with Gasteiger partial charge >= 0.3 is 0 Å². The molecule has 0 fully saturated rings. The summed E-state index contributed by atoms with van der Waals surface area (Å²) in [4.78, 5) is 0. The highest BCUT2D eigenvalue weighted by Crippen LogP contribution is 2.31. The smallest absolute Gasteiger partial charge is 0.142 e. The number of para-hydroxylation sites is 1. The van der Waals surface area contributed by atoms with Crippen LogP contribution in [0.4, 0.5) is 11.4 Å². The largest absolute Gasteiger partial charge is 0.497 e. The first-order valence-electron chi connectivity index (χ1n) is 7.12. The van der Waals surface area contributed by atoms with Crippen molar-refractivity contribution in [2.45, 2.75) is 13.0 Å². The summed E-state index contributed by atoms with van der Waals surface area (Å²) in [5.41, 5.74) is 4.88. The average molecular weight is 284 g/mol. The van der Waals surface area contributed by atoms with Gasteiger partial charge in [0.1, 0.15) is 11.5 Å². The summed E-state index contributed by atoms with van der Waals surface area (Å²) in [6, 6.07) is 12.2. The van der Waals surface area contributed by atoms with Gasteiger partial charge in [0.25, 0.3) is 0 Å². The van der Waals surface area contributed by atoms with Crippen molar-refractivity contribution in [3.05, 3.63) is 47.5 Å². The van der Waals surface area contributed by atoms with Gasteiger partial charge in [-0.05, 0) is 29.7 Å². The van der Waals surface area contributed by atoms with Gasteiger partial charge in [-0.3, -0.25) is 0 Å². The minimum absolute atomic E-state index is 0.750. The monoisotopic (exact) mass is 284 g/mol. The van der Waals surface area contributed by atoms with Gasteiger partial charge in [-0.1, -0.05) is 18.2 Å². The molecule has 21 heavy (non-hydrogen) atoms. The van der Waals surface area contributed by atoms with Crippen LogP contribution in [-0.2, 0) is 13.0 Å². The average Bonchev–Trinajstić information content (AvgIpc) is 3.01. The zero-order chi connectivity index (χ0) is 14.7. The molecule has 0 aromatic heterocycles. The fourth-order valence-corrected chi connectivity index (χ4v) is 2.70. The van der Waals surface area contributed by atoms with Crippen molar-refractivity contribution in [2.24, 2.45) is 0 Å². The van der Waals surface area contributed by atoms with Crippen LogP contribution in [0.25, 0.3) is 0 Å². The second-order valence-corrected chi connectivity index (χ2v) is 5.05. The Kier molecular flexibility index (Phi) is 3.86. The number of nitrogens with one attached hydrogen (secondary N) is 2. The SMILES string of the molecule is COc1ccc(OC)c(NCc2cccc3c2NCC3)c1. The van der Waals surface area contributed by atoms with Crippen molar-refractivity contribution in [1.82, 2.24) is 0 Å². The van der Waals surface area contributed by atoms with E-state index in [2.05, 4.69) is 28.8 Å². The maximum absolute atomic E-state index is 5.39. The third-order valence-electron chi connectivity index (χ3n) is 3.81. The van der Waals surface area contributed by atoms with E-state index in [4.69, 9.17) is 9.47 Å². The summed E-state index contributed by atoms with van der Waals surface area (Å²) < 4.78 is 10.7. The minimum atomic E-state index is 0.750. The molecular weight excluding hydrogens is 264 g/mol. The molecule has 0 atom stereocenters. The summed E-state index contributed by atoms with van der Waals surface area (Å²) in [6.45, 7) is 1.77. The molecule has 0 bridgehead atoms. The molecule has 2 N–H and O–H groups in total. The maximum Gasteiger partial charge on any atom is 0.142 e. The van der Waals surface area contributed by atoms with Crippen molar-refractivity contribution in [3.63, 3.8) is 0 Å². The molecule has 0 saturated heterocycles. The lowest BCUT2D eigenvalue weighted by atomic mass is 10.1. The number of rotatable bonds is 5. The lowest BCUT2D eigenvalue weighted by Crippen LogP contribution is -2.04. The fourth-order valence-electron chi connectivity index (χ4n) is 2.70. The van der Waals surface area contributed by atoms with E-state index < -0.39 is 0 Å². The van der Waals surface area contributed by atoms with E-state index in [1.165, 1.54) is 16.8 Å². The highest BCUT2D eigenvalue weighted by molar-refractivity contribution is 5.64. The van der Waals surface area contributed by atoms with Crippen LogP contribution < -0.4 is 20.1 Å². The van der Waals surface area contributed by atoms with Gasteiger partial charge in [-0.2, -0.15) is 0 Å². The number of benzene rings is 2. The zero-order valence-electron chi connectivity index (χ0n) is 12.4. The predicted octanol–water partition coefficient (Wildman–Crippen LogP) is 3.28. The molecule has 0 spiro atoms. The molecule has 0 amide bonds. The second kappa shape index (κ2) is 5.95. The first-order valence-corrected chi connectivity index (χ1v) is 7.12. The van der Waals surface area contributed by atoms with E-state index in [1.807, 2.05) is 18.2 Å². The highest BCUT2D eigenvalue weighted by Gasteiger charge is 2.13. The fraction of sp³-hybridized carbons (Fsp3) is 0.294.